The Morgan fingerprint density at radius 2 is 1.50 bits per heavy atom. The van der Waals surface area contributed by atoms with Crippen molar-refractivity contribution < 1.29 is 9.50 Å². The van der Waals surface area contributed by atoms with Crippen LogP contribution in [0.25, 0.3) is 0 Å². The summed E-state index contributed by atoms with van der Waals surface area (Å²) in [6.07, 6.45) is 9.10. The summed E-state index contributed by atoms with van der Waals surface area (Å²) in [4.78, 5) is 32.5. The quantitative estimate of drug-likeness (QED) is 0.313. The molecule has 0 spiro atoms. The van der Waals surface area contributed by atoms with Crippen LogP contribution in [0.15, 0.2) is 69.2 Å². The zero-order chi connectivity index (χ0) is 26.5. The third-order valence-corrected chi connectivity index (χ3v) is 7.76. The number of halogens is 1. The van der Waals surface area contributed by atoms with E-state index in [1.165, 1.54) is 21.3 Å². The predicted octanol–water partition coefficient (Wildman–Crippen LogP) is 5.92. The van der Waals surface area contributed by atoms with Crippen LogP contribution in [-0.2, 0) is 6.54 Å². The second kappa shape index (κ2) is 11.8. The number of anilines is 1. The maximum Gasteiger partial charge on any atom is 0.334 e. The summed E-state index contributed by atoms with van der Waals surface area (Å²) in [6.45, 7) is 0.0950. The molecule has 8 heteroatoms. The minimum atomic E-state index is -0.534. The molecule has 1 aromatic heterocycles. The molecule has 5 rings (SSSR count). The van der Waals surface area contributed by atoms with E-state index in [4.69, 9.17) is 0 Å². The molecule has 0 unspecified atom stereocenters. The number of benzene rings is 2. The molecular weight excluding hydrogens is 483 g/mol. The van der Waals surface area contributed by atoms with Gasteiger partial charge in [0.15, 0.2) is 0 Å². The van der Waals surface area contributed by atoms with Crippen LogP contribution in [0.4, 0.5) is 10.1 Å². The Morgan fingerprint density at radius 3 is 2.13 bits per heavy atom. The summed E-state index contributed by atoms with van der Waals surface area (Å²) in [5.41, 5.74) is 0.335. The SMILES string of the molecule is O=c1c(C(=NCc2cccc(F)c2)Nc2ccccc2)c(O)n(C2CCCCC2)c(=O)n1C1CCCCC1. The van der Waals surface area contributed by atoms with Crippen LogP contribution in [0.2, 0.25) is 0 Å². The average molecular weight is 519 g/mol. The van der Waals surface area contributed by atoms with Crippen molar-refractivity contribution in [3.05, 3.63) is 92.4 Å². The third kappa shape index (κ3) is 5.59. The minimum absolute atomic E-state index is 0.0130. The van der Waals surface area contributed by atoms with Crippen molar-refractivity contribution in [3.8, 4) is 5.88 Å². The van der Waals surface area contributed by atoms with Gasteiger partial charge in [-0.15, -0.1) is 0 Å². The van der Waals surface area contributed by atoms with E-state index in [9.17, 15) is 19.1 Å². The van der Waals surface area contributed by atoms with Crippen LogP contribution in [0, 0.1) is 5.82 Å². The molecule has 2 saturated carbocycles. The first kappa shape index (κ1) is 25.9. The van der Waals surface area contributed by atoms with Crippen molar-refractivity contribution in [3.63, 3.8) is 0 Å². The Balaban J connectivity index is 1.69. The van der Waals surface area contributed by atoms with E-state index < -0.39 is 11.2 Å². The topological polar surface area (TPSA) is 88.6 Å². The summed E-state index contributed by atoms with van der Waals surface area (Å²) in [7, 11) is 0. The van der Waals surface area contributed by atoms with Gasteiger partial charge in [-0.25, -0.2) is 9.18 Å². The lowest BCUT2D eigenvalue weighted by molar-refractivity contribution is 0.271. The van der Waals surface area contributed by atoms with Gasteiger partial charge in [-0.2, -0.15) is 0 Å². The molecule has 0 atom stereocenters. The van der Waals surface area contributed by atoms with Crippen molar-refractivity contribution >= 4 is 11.5 Å². The zero-order valence-electron chi connectivity index (χ0n) is 21.6. The highest BCUT2D eigenvalue weighted by atomic mass is 19.1. The number of nitrogens with one attached hydrogen (secondary N) is 1. The van der Waals surface area contributed by atoms with Crippen LogP contribution in [-0.4, -0.2) is 20.1 Å². The van der Waals surface area contributed by atoms with Crippen LogP contribution in [0.3, 0.4) is 0 Å². The van der Waals surface area contributed by atoms with Gasteiger partial charge in [0, 0.05) is 17.8 Å². The fraction of sp³-hybridized carbons (Fsp3) is 0.433. The van der Waals surface area contributed by atoms with Crippen molar-refractivity contribution in [1.82, 2.24) is 9.13 Å². The Labute approximate surface area is 221 Å². The van der Waals surface area contributed by atoms with Crippen LogP contribution < -0.4 is 16.6 Å². The first-order valence-corrected chi connectivity index (χ1v) is 13.7. The normalized spacial score (nSPS) is 17.4. The maximum absolute atomic E-state index is 14.1. The van der Waals surface area contributed by atoms with E-state index in [-0.39, 0.29) is 41.7 Å². The molecule has 3 aromatic rings. The van der Waals surface area contributed by atoms with Gasteiger partial charge in [0.1, 0.15) is 17.2 Å². The van der Waals surface area contributed by atoms with E-state index in [0.717, 1.165) is 64.2 Å². The van der Waals surface area contributed by atoms with E-state index in [2.05, 4.69) is 10.3 Å². The second-order valence-corrected chi connectivity index (χ2v) is 10.4. The highest BCUT2D eigenvalue weighted by Crippen LogP contribution is 2.32. The van der Waals surface area contributed by atoms with Gasteiger partial charge in [0.2, 0.25) is 5.88 Å². The molecule has 0 radical (unpaired) electrons. The molecule has 2 fully saturated rings. The Morgan fingerprint density at radius 1 is 0.868 bits per heavy atom. The lowest BCUT2D eigenvalue weighted by Gasteiger charge is -2.29. The van der Waals surface area contributed by atoms with Crippen molar-refractivity contribution in [2.75, 3.05) is 5.32 Å². The highest BCUT2D eigenvalue weighted by Gasteiger charge is 2.31. The summed E-state index contributed by atoms with van der Waals surface area (Å²) < 4.78 is 16.7. The monoisotopic (exact) mass is 518 g/mol. The van der Waals surface area contributed by atoms with E-state index >= 15 is 0 Å². The molecule has 0 aliphatic heterocycles. The largest absolute Gasteiger partial charge is 0.494 e. The van der Waals surface area contributed by atoms with Gasteiger partial charge >= 0.3 is 5.69 Å². The number of hydrogen-bond donors (Lipinski definition) is 2. The number of aromatic hydroxyl groups is 1. The van der Waals surface area contributed by atoms with Crippen LogP contribution >= 0.6 is 0 Å². The number of aliphatic imine (C=N–C) groups is 1. The van der Waals surface area contributed by atoms with Gasteiger partial charge in [-0.1, -0.05) is 68.9 Å². The molecule has 0 amide bonds. The number of nitrogens with zero attached hydrogens (tertiary/aromatic N) is 3. The lowest BCUT2D eigenvalue weighted by atomic mass is 9.94. The Hall–Kier alpha value is -3.68. The summed E-state index contributed by atoms with van der Waals surface area (Å²) in [5.74, 6) is -0.555. The maximum atomic E-state index is 14.1. The molecule has 2 aromatic carbocycles. The fourth-order valence-corrected chi connectivity index (χ4v) is 5.81. The predicted molar refractivity (Wildman–Crippen MR) is 148 cm³/mol. The number of para-hydroxylation sites is 1. The molecule has 1 heterocycles. The summed E-state index contributed by atoms with van der Waals surface area (Å²) in [6, 6.07) is 15.0. The van der Waals surface area contributed by atoms with Crippen molar-refractivity contribution in [2.24, 2.45) is 4.99 Å². The van der Waals surface area contributed by atoms with Crippen molar-refractivity contribution in [2.45, 2.75) is 82.8 Å². The number of aromatic nitrogens is 2. The van der Waals surface area contributed by atoms with Gasteiger partial charge in [-0.3, -0.25) is 18.9 Å². The Kier molecular flexibility index (Phi) is 8.05. The molecular formula is C30H35FN4O3. The third-order valence-electron chi connectivity index (χ3n) is 7.76. The molecule has 0 bridgehead atoms. The molecule has 200 valence electrons. The number of rotatable bonds is 6. The van der Waals surface area contributed by atoms with Crippen LogP contribution in [0.5, 0.6) is 5.88 Å². The Bertz CT molecular complexity index is 1400. The molecule has 2 aliphatic rings. The average Bonchev–Trinajstić information content (AvgIpc) is 2.93. The van der Waals surface area contributed by atoms with Gasteiger partial charge in [0.25, 0.3) is 5.56 Å². The molecule has 0 saturated heterocycles. The number of amidine groups is 1. The molecule has 2 N–H and O–H groups in total. The van der Waals surface area contributed by atoms with Gasteiger partial charge in [-0.05, 0) is 55.5 Å². The molecule has 2 aliphatic carbocycles. The van der Waals surface area contributed by atoms with E-state index in [0.29, 0.717) is 11.3 Å². The summed E-state index contributed by atoms with van der Waals surface area (Å²) in [5, 5.41) is 14.8. The lowest BCUT2D eigenvalue weighted by Crippen LogP contribution is -2.47. The molecule has 38 heavy (non-hydrogen) atoms. The van der Waals surface area contributed by atoms with E-state index in [1.807, 2.05) is 30.3 Å². The standard InChI is InChI=1S/C30H35FN4O3/c31-22-12-10-11-21(19-22)20-32-27(33-23-13-4-1-5-14-23)26-28(36)34(24-15-6-2-7-16-24)30(38)35(29(26)37)25-17-8-3-9-18-25/h1,4-5,10-14,19,24-25,36H,2-3,6-9,15-18,20H2,(H,32,33). The van der Waals surface area contributed by atoms with Crippen molar-refractivity contribution in [1.29, 1.82) is 0 Å². The fourth-order valence-electron chi connectivity index (χ4n) is 5.81. The second-order valence-electron chi connectivity index (χ2n) is 10.4. The zero-order valence-corrected chi connectivity index (χ0v) is 21.6. The smallest absolute Gasteiger partial charge is 0.334 e. The first-order chi connectivity index (χ1) is 18.5. The minimum Gasteiger partial charge on any atom is -0.494 e. The highest BCUT2D eigenvalue weighted by molar-refractivity contribution is 6.09. The molecule has 7 nitrogen and oxygen atoms in total. The summed E-state index contributed by atoms with van der Waals surface area (Å²) >= 11 is 0. The first-order valence-electron chi connectivity index (χ1n) is 13.7. The van der Waals surface area contributed by atoms with Crippen LogP contribution in [0.1, 0.15) is 87.4 Å². The van der Waals surface area contributed by atoms with Gasteiger partial charge < -0.3 is 10.4 Å². The van der Waals surface area contributed by atoms with Gasteiger partial charge in [0.05, 0.1) is 6.54 Å². The number of hydrogen-bond acceptors (Lipinski definition) is 4. The van der Waals surface area contributed by atoms with E-state index in [1.54, 1.807) is 12.1 Å².